The maximum Gasteiger partial charge on any atom is 0.0793 e. The molecule has 1 aliphatic heterocycles. The van der Waals surface area contributed by atoms with Crippen LogP contribution in [0.15, 0.2) is 30.3 Å². The molecule has 1 atom stereocenters. The molecule has 2 rings (SSSR count). The Labute approximate surface area is 133 Å². The Morgan fingerprint density at radius 2 is 1.73 bits per heavy atom. The number of β-amino-alcohol motifs (C(OH)–C–C–N with tert-alkyl or cyclic N) is 2. The third-order valence-corrected chi connectivity index (χ3v) is 4.17. The van der Waals surface area contributed by atoms with Crippen LogP contribution in [0, 0.1) is 0 Å². The smallest absolute Gasteiger partial charge is 0.0793 e. The van der Waals surface area contributed by atoms with Crippen LogP contribution in [0.5, 0.6) is 0 Å². The van der Waals surface area contributed by atoms with Gasteiger partial charge < -0.3 is 10.2 Å². The summed E-state index contributed by atoms with van der Waals surface area (Å²) in [6, 6.07) is 10.3. The van der Waals surface area contributed by atoms with Crippen molar-refractivity contribution in [3.05, 3.63) is 35.9 Å². The van der Waals surface area contributed by atoms with Crippen molar-refractivity contribution in [2.75, 3.05) is 59.5 Å². The van der Waals surface area contributed by atoms with E-state index in [2.05, 4.69) is 33.9 Å². The van der Waals surface area contributed by atoms with E-state index < -0.39 is 0 Å². The highest BCUT2D eigenvalue weighted by Gasteiger charge is 2.19. The van der Waals surface area contributed by atoms with Crippen LogP contribution in [0.25, 0.3) is 0 Å². The molecule has 0 saturated carbocycles. The first-order valence-electron chi connectivity index (χ1n) is 8.13. The zero-order valence-electron chi connectivity index (χ0n) is 13.6. The van der Waals surface area contributed by atoms with Gasteiger partial charge in [0.1, 0.15) is 0 Å². The summed E-state index contributed by atoms with van der Waals surface area (Å²) < 4.78 is 0. The first-order chi connectivity index (χ1) is 10.7. The topological polar surface area (TPSA) is 50.2 Å². The fourth-order valence-electron chi connectivity index (χ4n) is 3.01. The number of aliphatic hydroxyl groups excluding tert-OH is 2. The fourth-order valence-corrected chi connectivity index (χ4v) is 3.01. The van der Waals surface area contributed by atoms with Gasteiger partial charge in [0.2, 0.25) is 0 Å². The lowest BCUT2D eigenvalue weighted by atomic mass is 10.2. The van der Waals surface area contributed by atoms with Gasteiger partial charge in [-0.25, -0.2) is 0 Å². The molecular formula is C17H29N3O2. The number of likely N-dealkylation sites (N-methyl/N-ethyl adjacent to an activating group) is 1. The van der Waals surface area contributed by atoms with E-state index in [9.17, 15) is 5.11 Å². The zero-order chi connectivity index (χ0) is 15.8. The van der Waals surface area contributed by atoms with Crippen molar-refractivity contribution in [3.8, 4) is 0 Å². The van der Waals surface area contributed by atoms with Crippen LogP contribution >= 0.6 is 0 Å². The fraction of sp³-hybridized carbons (Fsp3) is 0.647. The van der Waals surface area contributed by atoms with Gasteiger partial charge in [-0.05, 0) is 12.6 Å². The number of aliphatic hydroxyl groups is 2. The van der Waals surface area contributed by atoms with Gasteiger partial charge in [0, 0.05) is 52.4 Å². The van der Waals surface area contributed by atoms with Crippen molar-refractivity contribution in [1.29, 1.82) is 0 Å². The van der Waals surface area contributed by atoms with Crippen LogP contribution in [0.1, 0.15) is 5.56 Å². The summed E-state index contributed by atoms with van der Waals surface area (Å²) in [6.07, 6.45) is -0.321. The van der Waals surface area contributed by atoms with Gasteiger partial charge in [0.05, 0.1) is 12.7 Å². The monoisotopic (exact) mass is 307 g/mol. The predicted octanol–water partition coefficient (Wildman–Crippen LogP) is 0.0892. The number of hydrogen-bond acceptors (Lipinski definition) is 5. The lowest BCUT2D eigenvalue weighted by Gasteiger charge is -2.35. The third kappa shape index (κ3) is 6.02. The average Bonchev–Trinajstić information content (AvgIpc) is 2.50. The molecule has 1 aromatic carbocycles. The number of nitrogens with zero attached hydrogens (tertiary/aromatic N) is 3. The molecule has 5 heteroatoms. The normalized spacial score (nSPS) is 18.7. The Kier molecular flexibility index (Phi) is 7.29. The lowest BCUT2D eigenvalue weighted by Crippen LogP contribution is -2.50. The first kappa shape index (κ1) is 17.4. The highest BCUT2D eigenvalue weighted by molar-refractivity contribution is 5.14. The third-order valence-electron chi connectivity index (χ3n) is 4.17. The van der Waals surface area contributed by atoms with Crippen molar-refractivity contribution in [2.45, 2.75) is 12.6 Å². The summed E-state index contributed by atoms with van der Waals surface area (Å²) in [5, 5.41) is 19.2. The van der Waals surface area contributed by atoms with Gasteiger partial charge in [0.15, 0.2) is 0 Å². The van der Waals surface area contributed by atoms with E-state index in [4.69, 9.17) is 5.11 Å². The van der Waals surface area contributed by atoms with Crippen LogP contribution in [0.4, 0.5) is 0 Å². The van der Waals surface area contributed by atoms with Gasteiger partial charge in [-0.1, -0.05) is 30.3 Å². The van der Waals surface area contributed by atoms with E-state index in [1.165, 1.54) is 5.56 Å². The quantitative estimate of drug-likeness (QED) is 0.713. The molecule has 1 heterocycles. The van der Waals surface area contributed by atoms with E-state index in [0.717, 1.165) is 45.8 Å². The number of piperazine rings is 1. The van der Waals surface area contributed by atoms with Crippen molar-refractivity contribution >= 4 is 0 Å². The van der Waals surface area contributed by atoms with Gasteiger partial charge in [-0.3, -0.25) is 14.7 Å². The second kappa shape index (κ2) is 9.22. The van der Waals surface area contributed by atoms with Gasteiger partial charge >= 0.3 is 0 Å². The van der Waals surface area contributed by atoms with E-state index >= 15 is 0 Å². The molecule has 0 amide bonds. The van der Waals surface area contributed by atoms with Gasteiger partial charge in [-0.2, -0.15) is 0 Å². The Hall–Kier alpha value is -0.980. The summed E-state index contributed by atoms with van der Waals surface area (Å²) >= 11 is 0. The van der Waals surface area contributed by atoms with Crippen molar-refractivity contribution in [1.82, 2.24) is 14.7 Å². The summed E-state index contributed by atoms with van der Waals surface area (Å²) in [6.45, 7) is 7.17. The molecule has 0 unspecified atom stereocenters. The molecule has 0 bridgehead atoms. The Bertz CT molecular complexity index is 408. The van der Waals surface area contributed by atoms with E-state index in [1.807, 2.05) is 18.2 Å². The van der Waals surface area contributed by atoms with Crippen LogP contribution in [-0.4, -0.2) is 90.5 Å². The SMILES string of the molecule is CN(Cc1ccccc1)C[C@@H](O)CN1CCN(CCO)CC1. The number of hydrogen-bond donors (Lipinski definition) is 2. The highest BCUT2D eigenvalue weighted by Crippen LogP contribution is 2.06. The maximum absolute atomic E-state index is 10.3. The Morgan fingerprint density at radius 3 is 2.36 bits per heavy atom. The molecule has 0 aromatic heterocycles. The summed E-state index contributed by atoms with van der Waals surface area (Å²) in [5.41, 5.74) is 1.27. The summed E-state index contributed by atoms with van der Waals surface area (Å²) in [5.74, 6) is 0. The molecule has 2 N–H and O–H groups in total. The second-order valence-corrected chi connectivity index (χ2v) is 6.20. The molecular weight excluding hydrogens is 278 g/mol. The molecule has 22 heavy (non-hydrogen) atoms. The van der Waals surface area contributed by atoms with Crippen LogP contribution in [0.3, 0.4) is 0 Å². The minimum atomic E-state index is -0.321. The highest BCUT2D eigenvalue weighted by atomic mass is 16.3. The lowest BCUT2D eigenvalue weighted by molar-refractivity contribution is 0.0502. The largest absolute Gasteiger partial charge is 0.395 e. The number of benzene rings is 1. The van der Waals surface area contributed by atoms with E-state index in [-0.39, 0.29) is 12.7 Å². The van der Waals surface area contributed by atoms with Crippen LogP contribution in [0.2, 0.25) is 0 Å². The molecule has 1 aromatic rings. The summed E-state index contributed by atoms with van der Waals surface area (Å²) in [4.78, 5) is 6.75. The molecule has 1 saturated heterocycles. The standard InChI is InChI=1S/C17H29N3O2/c1-18(13-16-5-3-2-4-6-16)14-17(22)15-20-9-7-19(8-10-20)11-12-21/h2-6,17,21-22H,7-15H2,1H3/t17-/m1/s1. The van der Waals surface area contributed by atoms with E-state index in [0.29, 0.717) is 6.54 Å². The molecule has 0 spiro atoms. The molecule has 1 aliphatic rings. The maximum atomic E-state index is 10.3. The predicted molar refractivity (Wildman–Crippen MR) is 88.7 cm³/mol. The van der Waals surface area contributed by atoms with Crippen LogP contribution < -0.4 is 0 Å². The Morgan fingerprint density at radius 1 is 1.09 bits per heavy atom. The van der Waals surface area contributed by atoms with Crippen molar-refractivity contribution < 1.29 is 10.2 Å². The average molecular weight is 307 g/mol. The summed E-state index contributed by atoms with van der Waals surface area (Å²) in [7, 11) is 2.05. The molecule has 0 aliphatic carbocycles. The van der Waals surface area contributed by atoms with Gasteiger partial charge in [-0.15, -0.1) is 0 Å². The number of rotatable bonds is 8. The zero-order valence-corrected chi connectivity index (χ0v) is 13.6. The molecule has 0 radical (unpaired) electrons. The van der Waals surface area contributed by atoms with Gasteiger partial charge in [0.25, 0.3) is 0 Å². The second-order valence-electron chi connectivity index (χ2n) is 6.20. The van der Waals surface area contributed by atoms with E-state index in [1.54, 1.807) is 0 Å². The van der Waals surface area contributed by atoms with Crippen LogP contribution in [-0.2, 0) is 6.54 Å². The Balaban J connectivity index is 1.66. The molecule has 1 fully saturated rings. The molecule has 124 valence electrons. The minimum Gasteiger partial charge on any atom is -0.395 e. The first-order valence-corrected chi connectivity index (χ1v) is 8.13. The molecule has 5 nitrogen and oxygen atoms in total. The minimum absolute atomic E-state index is 0.229. The van der Waals surface area contributed by atoms with Crippen molar-refractivity contribution in [2.24, 2.45) is 0 Å². The van der Waals surface area contributed by atoms with Crippen molar-refractivity contribution in [3.63, 3.8) is 0 Å².